The molecule has 3 aromatic carbocycles. The third-order valence-electron chi connectivity index (χ3n) is 4.12. The zero-order valence-electron chi connectivity index (χ0n) is 14.8. The number of thiazole rings is 1. The van der Waals surface area contributed by atoms with Crippen LogP contribution < -0.4 is 10.1 Å². The number of nitrogens with zero attached hydrogens (tertiary/aromatic N) is 1. The highest BCUT2D eigenvalue weighted by atomic mass is 32.1. The lowest BCUT2D eigenvalue weighted by Crippen LogP contribution is -2.19. The number of aromatic nitrogens is 1. The van der Waals surface area contributed by atoms with E-state index in [1.807, 2.05) is 61.5 Å². The van der Waals surface area contributed by atoms with Crippen LogP contribution in [0.4, 0.5) is 5.13 Å². The van der Waals surface area contributed by atoms with E-state index in [0.717, 1.165) is 21.3 Å². The number of hydrogen-bond acceptors (Lipinski definition) is 4. The number of nitrogens with one attached hydrogen (secondary N) is 1. The maximum absolute atomic E-state index is 12.1. The fourth-order valence-corrected chi connectivity index (χ4v) is 3.74. The third-order valence-corrected chi connectivity index (χ3v) is 5.06. The highest BCUT2D eigenvalue weighted by molar-refractivity contribution is 7.22. The number of aryl methyl sites for hydroxylation is 1. The maximum atomic E-state index is 12.1. The number of rotatable bonds is 5. The molecule has 4 nitrogen and oxygen atoms in total. The van der Waals surface area contributed by atoms with Gasteiger partial charge in [-0.15, -0.1) is 0 Å². The Kier molecular flexibility index (Phi) is 4.85. The van der Waals surface area contributed by atoms with Crippen LogP contribution in [-0.2, 0) is 4.79 Å². The van der Waals surface area contributed by atoms with Gasteiger partial charge in [0.15, 0.2) is 11.7 Å². The average Bonchev–Trinajstić information content (AvgIpc) is 3.08. The highest BCUT2D eigenvalue weighted by Crippen LogP contribution is 2.26. The first-order chi connectivity index (χ1) is 13.2. The molecule has 0 radical (unpaired) electrons. The van der Waals surface area contributed by atoms with Crippen molar-refractivity contribution in [3.63, 3.8) is 0 Å². The molecule has 0 spiro atoms. The molecular formula is C22H18N2O2S. The topological polar surface area (TPSA) is 51.2 Å². The van der Waals surface area contributed by atoms with E-state index in [0.29, 0.717) is 10.9 Å². The van der Waals surface area contributed by atoms with E-state index in [1.165, 1.54) is 16.9 Å². The van der Waals surface area contributed by atoms with Crippen LogP contribution in [-0.4, -0.2) is 17.5 Å². The van der Waals surface area contributed by atoms with Crippen molar-refractivity contribution < 1.29 is 9.53 Å². The molecule has 5 heteroatoms. The van der Waals surface area contributed by atoms with Crippen LogP contribution >= 0.6 is 11.3 Å². The SMILES string of the molecule is Cc1ccc2nc(NC(=O)COc3ccc(-c4ccccc4)cc3)sc2c1. The molecule has 134 valence electrons. The van der Waals surface area contributed by atoms with Gasteiger partial charge in [-0.1, -0.05) is 59.9 Å². The van der Waals surface area contributed by atoms with E-state index in [-0.39, 0.29) is 12.5 Å². The molecule has 27 heavy (non-hydrogen) atoms. The summed E-state index contributed by atoms with van der Waals surface area (Å²) in [7, 11) is 0. The van der Waals surface area contributed by atoms with Gasteiger partial charge < -0.3 is 4.74 Å². The maximum Gasteiger partial charge on any atom is 0.264 e. The molecule has 4 aromatic rings. The van der Waals surface area contributed by atoms with Crippen LogP contribution in [0.5, 0.6) is 5.75 Å². The number of amides is 1. The molecule has 0 atom stereocenters. The molecule has 0 unspecified atom stereocenters. The van der Waals surface area contributed by atoms with Crippen LogP contribution in [0, 0.1) is 6.92 Å². The van der Waals surface area contributed by atoms with Crippen LogP contribution in [0.15, 0.2) is 72.8 Å². The summed E-state index contributed by atoms with van der Waals surface area (Å²) >= 11 is 1.46. The molecule has 0 aliphatic carbocycles. The van der Waals surface area contributed by atoms with Crippen LogP contribution in [0.1, 0.15) is 5.56 Å². The molecule has 0 aliphatic rings. The number of carbonyl (C=O) groups excluding carboxylic acids is 1. The van der Waals surface area contributed by atoms with E-state index in [9.17, 15) is 4.79 Å². The van der Waals surface area contributed by atoms with Crippen molar-refractivity contribution in [2.45, 2.75) is 6.92 Å². The van der Waals surface area contributed by atoms with Gasteiger partial charge in [-0.25, -0.2) is 4.98 Å². The van der Waals surface area contributed by atoms with Crippen LogP contribution in [0.2, 0.25) is 0 Å². The Balaban J connectivity index is 1.35. The largest absolute Gasteiger partial charge is 0.484 e. The summed E-state index contributed by atoms with van der Waals surface area (Å²) in [5, 5.41) is 3.39. The minimum absolute atomic E-state index is 0.0559. The van der Waals surface area contributed by atoms with Gasteiger partial charge >= 0.3 is 0 Å². The number of fused-ring (bicyclic) bond motifs is 1. The number of hydrogen-bond donors (Lipinski definition) is 1. The monoisotopic (exact) mass is 374 g/mol. The Morgan fingerprint density at radius 1 is 1.00 bits per heavy atom. The van der Waals surface area contributed by atoms with Gasteiger partial charge in [0.05, 0.1) is 10.2 Å². The third kappa shape index (κ3) is 4.15. The normalized spacial score (nSPS) is 10.7. The first-order valence-electron chi connectivity index (χ1n) is 8.63. The van der Waals surface area contributed by atoms with Gasteiger partial charge in [-0.2, -0.15) is 0 Å². The second kappa shape index (κ2) is 7.60. The summed E-state index contributed by atoms with van der Waals surface area (Å²) in [6.07, 6.45) is 0. The summed E-state index contributed by atoms with van der Waals surface area (Å²) in [5.41, 5.74) is 4.31. The molecule has 0 aliphatic heterocycles. The smallest absolute Gasteiger partial charge is 0.264 e. The molecule has 0 bridgehead atoms. The summed E-state index contributed by atoms with van der Waals surface area (Å²) in [4.78, 5) is 16.6. The van der Waals surface area contributed by atoms with Crippen molar-refractivity contribution in [2.75, 3.05) is 11.9 Å². The Labute approximate surface area is 161 Å². The van der Waals surface area contributed by atoms with Gasteiger partial charge in [-0.05, 0) is 47.9 Å². The zero-order chi connectivity index (χ0) is 18.6. The van der Waals surface area contributed by atoms with Gasteiger partial charge in [0.1, 0.15) is 5.75 Å². The average molecular weight is 374 g/mol. The number of benzene rings is 3. The van der Waals surface area contributed by atoms with Crippen molar-refractivity contribution in [1.82, 2.24) is 4.98 Å². The van der Waals surface area contributed by atoms with E-state index < -0.39 is 0 Å². The summed E-state index contributed by atoms with van der Waals surface area (Å²) in [6.45, 7) is 1.98. The lowest BCUT2D eigenvalue weighted by Gasteiger charge is -2.07. The standard InChI is InChI=1S/C22H18N2O2S/c1-15-7-12-19-20(13-15)27-22(23-19)24-21(25)14-26-18-10-8-17(9-11-18)16-5-3-2-4-6-16/h2-13H,14H2,1H3,(H,23,24,25). The molecule has 1 amide bonds. The van der Waals surface area contributed by atoms with E-state index >= 15 is 0 Å². The van der Waals surface area contributed by atoms with E-state index in [2.05, 4.69) is 28.5 Å². The van der Waals surface area contributed by atoms with E-state index in [4.69, 9.17) is 4.74 Å². The summed E-state index contributed by atoms with van der Waals surface area (Å²) in [6, 6.07) is 23.9. The molecule has 4 rings (SSSR count). The summed E-state index contributed by atoms with van der Waals surface area (Å²) < 4.78 is 6.65. The molecule has 1 aromatic heterocycles. The number of ether oxygens (including phenoxy) is 1. The molecule has 1 heterocycles. The molecule has 0 saturated carbocycles. The van der Waals surface area contributed by atoms with Crippen molar-refractivity contribution in [2.24, 2.45) is 0 Å². The first-order valence-corrected chi connectivity index (χ1v) is 9.44. The van der Waals surface area contributed by atoms with Crippen molar-refractivity contribution >= 4 is 32.6 Å². The van der Waals surface area contributed by atoms with Crippen LogP contribution in [0.3, 0.4) is 0 Å². The predicted octanol–water partition coefficient (Wildman–Crippen LogP) is 5.29. The quantitative estimate of drug-likeness (QED) is 0.516. The lowest BCUT2D eigenvalue weighted by atomic mass is 10.1. The molecule has 0 fully saturated rings. The minimum atomic E-state index is -0.224. The fourth-order valence-electron chi connectivity index (χ4n) is 2.76. The van der Waals surface area contributed by atoms with Crippen LogP contribution in [0.25, 0.3) is 21.3 Å². The zero-order valence-corrected chi connectivity index (χ0v) is 15.6. The van der Waals surface area contributed by atoms with Crippen molar-refractivity contribution in [3.05, 3.63) is 78.4 Å². The Bertz CT molecular complexity index is 1070. The van der Waals surface area contributed by atoms with Gasteiger partial charge in [-0.3, -0.25) is 10.1 Å². The predicted molar refractivity (Wildman–Crippen MR) is 110 cm³/mol. The Hall–Kier alpha value is -3.18. The molecule has 0 saturated heterocycles. The van der Waals surface area contributed by atoms with Gasteiger partial charge in [0.2, 0.25) is 0 Å². The molecular weight excluding hydrogens is 356 g/mol. The number of carbonyl (C=O) groups is 1. The Morgan fingerprint density at radius 3 is 2.52 bits per heavy atom. The fraction of sp³-hybridized carbons (Fsp3) is 0.0909. The lowest BCUT2D eigenvalue weighted by molar-refractivity contribution is -0.118. The first kappa shape index (κ1) is 17.2. The second-order valence-corrected chi connectivity index (χ2v) is 7.25. The highest BCUT2D eigenvalue weighted by Gasteiger charge is 2.09. The van der Waals surface area contributed by atoms with E-state index in [1.54, 1.807) is 0 Å². The van der Waals surface area contributed by atoms with Crippen molar-refractivity contribution in [3.8, 4) is 16.9 Å². The number of anilines is 1. The second-order valence-electron chi connectivity index (χ2n) is 6.22. The molecule has 1 N–H and O–H groups in total. The van der Waals surface area contributed by atoms with Crippen molar-refractivity contribution in [1.29, 1.82) is 0 Å². The Morgan fingerprint density at radius 2 is 1.74 bits per heavy atom. The van der Waals surface area contributed by atoms with Gasteiger partial charge in [0, 0.05) is 0 Å². The van der Waals surface area contributed by atoms with Gasteiger partial charge in [0.25, 0.3) is 5.91 Å². The minimum Gasteiger partial charge on any atom is -0.484 e. The summed E-state index contributed by atoms with van der Waals surface area (Å²) in [5.74, 6) is 0.433.